The molecule has 9 nitrogen and oxygen atoms in total. The molecule has 0 atom stereocenters. The number of non-ortho nitro benzene ring substituents is 1. The van der Waals surface area contributed by atoms with Crippen LogP contribution >= 0.6 is 11.3 Å². The Morgan fingerprint density at radius 1 is 1.50 bits per heavy atom. The summed E-state index contributed by atoms with van der Waals surface area (Å²) in [6, 6.07) is 6.63. The standard InChI is InChI=1S/C14H13N7O2S/c15-7-9-10(19-20-13(9)16)2-1-5-17-14-18-11-4-3-8(21(22)23)6-12(11)24-14/h3-4,6H,1-2,5H2,(H,17,18)(H3,16,19,20). The van der Waals surface area contributed by atoms with E-state index in [1.165, 1.54) is 23.5 Å². The summed E-state index contributed by atoms with van der Waals surface area (Å²) in [5.74, 6) is 0.216. The van der Waals surface area contributed by atoms with Gasteiger partial charge in [-0.15, -0.1) is 0 Å². The van der Waals surface area contributed by atoms with Gasteiger partial charge in [0.2, 0.25) is 0 Å². The number of nitrogens with two attached hydrogens (primary N) is 1. The Bertz CT molecular complexity index is 940. The van der Waals surface area contributed by atoms with Crippen molar-refractivity contribution in [2.24, 2.45) is 0 Å². The number of nitrogens with one attached hydrogen (secondary N) is 2. The number of fused-ring (bicyclic) bond motifs is 1. The van der Waals surface area contributed by atoms with Crippen LogP contribution in [0.4, 0.5) is 16.6 Å². The van der Waals surface area contributed by atoms with Crippen molar-refractivity contribution in [3.8, 4) is 6.07 Å². The zero-order valence-electron chi connectivity index (χ0n) is 12.4. The first kappa shape index (κ1) is 15.7. The Morgan fingerprint density at radius 2 is 2.33 bits per heavy atom. The van der Waals surface area contributed by atoms with Crippen LogP contribution in [0.1, 0.15) is 17.7 Å². The van der Waals surface area contributed by atoms with Crippen molar-refractivity contribution >= 4 is 38.2 Å². The second kappa shape index (κ2) is 6.51. The first-order valence-electron chi connectivity index (χ1n) is 7.10. The fourth-order valence-electron chi connectivity index (χ4n) is 2.26. The zero-order chi connectivity index (χ0) is 17.1. The smallest absolute Gasteiger partial charge is 0.270 e. The molecule has 0 aliphatic heterocycles. The summed E-state index contributed by atoms with van der Waals surface area (Å²) < 4.78 is 0.764. The molecule has 0 spiro atoms. The predicted octanol–water partition coefficient (Wildman–Crippen LogP) is 2.43. The molecule has 0 aliphatic carbocycles. The van der Waals surface area contributed by atoms with Crippen LogP contribution in [0.25, 0.3) is 10.2 Å². The lowest BCUT2D eigenvalue weighted by Crippen LogP contribution is -2.03. The number of benzene rings is 1. The third-order valence-corrected chi connectivity index (χ3v) is 4.42. The van der Waals surface area contributed by atoms with Crippen molar-refractivity contribution in [1.29, 1.82) is 5.26 Å². The van der Waals surface area contributed by atoms with E-state index in [1.54, 1.807) is 6.07 Å². The van der Waals surface area contributed by atoms with Gasteiger partial charge in [0.1, 0.15) is 11.6 Å². The number of hydrogen-bond acceptors (Lipinski definition) is 8. The molecular formula is C14H13N7O2S. The second-order valence-electron chi connectivity index (χ2n) is 5.03. The molecular weight excluding hydrogens is 330 g/mol. The first-order chi connectivity index (χ1) is 11.6. The van der Waals surface area contributed by atoms with Crippen LogP contribution in [0.15, 0.2) is 18.2 Å². The number of rotatable bonds is 6. The lowest BCUT2D eigenvalue weighted by atomic mass is 10.1. The van der Waals surface area contributed by atoms with E-state index < -0.39 is 4.92 Å². The number of thiazole rings is 1. The number of aromatic amines is 1. The highest BCUT2D eigenvalue weighted by atomic mass is 32.1. The molecule has 0 amide bonds. The maximum Gasteiger partial charge on any atom is 0.270 e. The zero-order valence-corrected chi connectivity index (χ0v) is 13.3. The normalized spacial score (nSPS) is 10.6. The van der Waals surface area contributed by atoms with Crippen LogP contribution in [-0.4, -0.2) is 26.6 Å². The van der Waals surface area contributed by atoms with Crippen LogP contribution in [-0.2, 0) is 6.42 Å². The Hall–Kier alpha value is -3.19. The summed E-state index contributed by atoms with van der Waals surface area (Å²) in [6.07, 6.45) is 1.39. The van der Waals surface area contributed by atoms with E-state index in [9.17, 15) is 10.1 Å². The molecule has 1 aromatic carbocycles. The van der Waals surface area contributed by atoms with Crippen molar-refractivity contribution in [2.45, 2.75) is 12.8 Å². The topological polar surface area (TPSA) is 147 Å². The highest BCUT2D eigenvalue weighted by Gasteiger charge is 2.11. The quantitative estimate of drug-likeness (QED) is 0.354. The maximum atomic E-state index is 10.8. The van der Waals surface area contributed by atoms with E-state index in [4.69, 9.17) is 11.0 Å². The molecule has 2 aromatic heterocycles. The second-order valence-corrected chi connectivity index (χ2v) is 6.06. The molecule has 0 saturated heterocycles. The van der Waals surface area contributed by atoms with Crippen LogP contribution in [0.5, 0.6) is 0 Å². The summed E-state index contributed by atoms with van der Waals surface area (Å²) in [5.41, 5.74) is 7.47. The lowest BCUT2D eigenvalue weighted by molar-refractivity contribution is -0.384. The third-order valence-electron chi connectivity index (χ3n) is 3.44. The first-order valence-corrected chi connectivity index (χ1v) is 7.92. The summed E-state index contributed by atoms with van der Waals surface area (Å²) in [6.45, 7) is 0.645. The predicted molar refractivity (Wildman–Crippen MR) is 90.8 cm³/mol. The van der Waals surface area contributed by atoms with E-state index in [1.807, 2.05) is 6.07 Å². The average molecular weight is 343 g/mol. The van der Waals surface area contributed by atoms with E-state index in [2.05, 4.69) is 20.5 Å². The van der Waals surface area contributed by atoms with Gasteiger partial charge >= 0.3 is 0 Å². The van der Waals surface area contributed by atoms with Crippen molar-refractivity contribution in [3.05, 3.63) is 39.6 Å². The Morgan fingerprint density at radius 3 is 3.08 bits per heavy atom. The third kappa shape index (κ3) is 3.11. The van der Waals surface area contributed by atoms with Gasteiger partial charge in [0.05, 0.1) is 20.8 Å². The molecule has 3 aromatic rings. The molecule has 0 unspecified atom stereocenters. The molecule has 4 N–H and O–H groups in total. The molecule has 2 heterocycles. The van der Waals surface area contributed by atoms with E-state index in [0.717, 1.165) is 22.3 Å². The number of nitrogens with zero attached hydrogens (tertiary/aromatic N) is 4. The molecule has 10 heteroatoms. The monoisotopic (exact) mass is 343 g/mol. The molecule has 0 aliphatic rings. The summed E-state index contributed by atoms with van der Waals surface area (Å²) >= 11 is 1.37. The fourth-order valence-corrected chi connectivity index (χ4v) is 3.19. The van der Waals surface area contributed by atoms with E-state index in [-0.39, 0.29) is 11.5 Å². The van der Waals surface area contributed by atoms with Crippen LogP contribution in [0.2, 0.25) is 0 Å². The average Bonchev–Trinajstić information content (AvgIpc) is 3.13. The number of aryl methyl sites for hydroxylation is 1. The molecule has 0 radical (unpaired) electrons. The van der Waals surface area contributed by atoms with Gasteiger partial charge in [-0.25, -0.2) is 4.98 Å². The van der Waals surface area contributed by atoms with Crippen molar-refractivity contribution < 1.29 is 4.92 Å². The molecule has 3 rings (SSSR count). The molecule has 122 valence electrons. The van der Waals surface area contributed by atoms with Gasteiger partial charge < -0.3 is 11.1 Å². The SMILES string of the molecule is N#Cc1c(N)n[nH]c1CCCNc1nc2ccc([N+](=O)[O-])cc2s1. The minimum Gasteiger partial charge on any atom is -0.381 e. The van der Waals surface area contributed by atoms with Crippen molar-refractivity contribution in [2.75, 3.05) is 17.6 Å². The number of hydrogen-bond donors (Lipinski definition) is 3. The van der Waals surface area contributed by atoms with Gasteiger partial charge in [-0.1, -0.05) is 11.3 Å². The molecule has 0 saturated carbocycles. The van der Waals surface area contributed by atoms with Gasteiger partial charge in [0.25, 0.3) is 5.69 Å². The Balaban J connectivity index is 1.60. The molecule has 0 bridgehead atoms. The largest absolute Gasteiger partial charge is 0.381 e. The number of aromatic nitrogens is 3. The van der Waals surface area contributed by atoms with Gasteiger partial charge in [-0.3, -0.25) is 15.2 Å². The Labute approximate surface area is 140 Å². The van der Waals surface area contributed by atoms with E-state index in [0.29, 0.717) is 23.7 Å². The number of nitrogen functional groups attached to an aromatic ring is 1. The molecule has 0 fully saturated rings. The Kier molecular flexibility index (Phi) is 4.26. The number of anilines is 2. The van der Waals surface area contributed by atoms with Gasteiger partial charge in [-0.2, -0.15) is 10.4 Å². The highest BCUT2D eigenvalue weighted by molar-refractivity contribution is 7.22. The maximum absolute atomic E-state index is 10.8. The van der Waals surface area contributed by atoms with Crippen LogP contribution < -0.4 is 11.1 Å². The summed E-state index contributed by atoms with van der Waals surface area (Å²) in [7, 11) is 0. The fraction of sp³-hybridized carbons (Fsp3) is 0.214. The minimum absolute atomic E-state index is 0.0542. The van der Waals surface area contributed by atoms with Crippen molar-refractivity contribution in [1.82, 2.24) is 15.2 Å². The van der Waals surface area contributed by atoms with Gasteiger partial charge in [0, 0.05) is 18.7 Å². The van der Waals surface area contributed by atoms with Crippen LogP contribution in [0.3, 0.4) is 0 Å². The number of nitro groups is 1. The number of H-pyrrole nitrogens is 1. The summed E-state index contributed by atoms with van der Waals surface area (Å²) in [4.78, 5) is 14.8. The van der Waals surface area contributed by atoms with Crippen LogP contribution in [0, 0.1) is 21.4 Å². The highest BCUT2D eigenvalue weighted by Crippen LogP contribution is 2.29. The number of nitriles is 1. The lowest BCUT2D eigenvalue weighted by Gasteiger charge is -2.01. The van der Waals surface area contributed by atoms with Crippen molar-refractivity contribution in [3.63, 3.8) is 0 Å². The molecule has 24 heavy (non-hydrogen) atoms. The summed E-state index contributed by atoms with van der Waals surface area (Å²) in [5, 5.41) is 30.3. The minimum atomic E-state index is -0.421. The van der Waals surface area contributed by atoms with Gasteiger partial charge in [0.15, 0.2) is 10.9 Å². The van der Waals surface area contributed by atoms with Gasteiger partial charge in [-0.05, 0) is 18.9 Å². The number of nitro benzene ring substituents is 1. The van der Waals surface area contributed by atoms with E-state index >= 15 is 0 Å².